The third kappa shape index (κ3) is 1.78. The number of ether oxygens (including phenoxy) is 2. The Bertz CT molecular complexity index is 450. The lowest BCUT2D eigenvalue weighted by Crippen LogP contribution is -2.43. The van der Waals surface area contributed by atoms with E-state index < -0.39 is 5.60 Å². The second-order valence-corrected chi connectivity index (χ2v) is 4.59. The maximum atomic E-state index is 13.3. The summed E-state index contributed by atoms with van der Waals surface area (Å²) in [6.45, 7) is 0. The SMILES string of the molecule is NC1CC2(C=COC=C2)OC2=C1CCC(F)=C2. The fourth-order valence-corrected chi connectivity index (χ4v) is 2.47. The molecule has 0 aromatic rings. The molecular formula is C13H14FNO2. The number of hydrogen-bond donors (Lipinski definition) is 1. The number of rotatable bonds is 0. The summed E-state index contributed by atoms with van der Waals surface area (Å²) in [4.78, 5) is 0. The minimum Gasteiger partial charge on any atom is -0.479 e. The molecule has 2 aliphatic heterocycles. The summed E-state index contributed by atoms with van der Waals surface area (Å²) < 4.78 is 24.2. The zero-order chi connectivity index (χ0) is 11.9. The summed E-state index contributed by atoms with van der Waals surface area (Å²) in [7, 11) is 0. The van der Waals surface area contributed by atoms with Crippen LogP contribution < -0.4 is 5.73 Å². The summed E-state index contributed by atoms with van der Waals surface area (Å²) in [5.41, 5.74) is 6.58. The van der Waals surface area contributed by atoms with Gasteiger partial charge in [-0.3, -0.25) is 0 Å². The molecule has 0 radical (unpaired) electrons. The van der Waals surface area contributed by atoms with E-state index in [1.807, 2.05) is 12.2 Å². The predicted molar refractivity (Wildman–Crippen MR) is 61.2 cm³/mol. The molecule has 1 spiro atoms. The van der Waals surface area contributed by atoms with Gasteiger partial charge in [-0.2, -0.15) is 0 Å². The van der Waals surface area contributed by atoms with Crippen LogP contribution in [0.4, 0.5) is 4.39 Å². The summed E-state index contributed by atoms with van der Waals surface area (Å²) in [5, 5.41) is 0. The van der Waals surface area contributed by atoms with Crippen LogP contribution in [0.3, 0.4) is 0 Å². The maximum absolute atomic E-state index is 13.3. The zero-order valence-electron chi connectivity index (χ0n) is 9.36. The highest BCUT2D eigenvalue weighted by molar-refractivity contribution is 5.36. The second kappa shape index (κ2) is 3.74. The van der Waals surface area contributed by atoms with Gasteiger partial charge in [-0.25, -0.2) is 4.39 Å². The number of allylic oxidation sites excluding steroid dienone is 2. The molecule has 3 nitrogen and oxygen atoms in total. The van der Waals surface area contributed by atoms with Crippen molar-refractivity contribution in [2.75, 3.05) is 0 Å². The van der Waals surface area contributed by atoms with Crippen molar-refractivity contribution in [1.29, 1.82) is 0 Å². The molecule has 0 bridgehead atoms. The van der Waals surface area contributed by atoms with Gasteiger partial charge in [0.25, 0.3) is 0 Å². The Morgan fingerprint density at radius 1 is 1.29 bits per heavy atom. The van der Waals surface area contributed by atoms with Crippen LogP contribution in [-0.2, 0) is 9.47 Å². The smallest absolute Gasteiger partial charge is 0.154 e. The van der Waals surface area contributed by atoms with E-state index >= 15 is 0 Å². The van der Waals surface area contributed by atoms with Crippen LogP contribution in [0, 0.1) is 0 Å². The van der Waals surface area contributed by atoms with Crippen molar-refractivity contribution < 1.29 is 13.9 Å². The van der Waals surface area contributed by atoms with Crippen LogP contribution in [0.25, 0.3) is 0 Å². The molecule has 90 valence electrons. The third-order valence-electron chi connectivity index (χ3n) is 3.38. The Morgan fingerprint density at radius 2 is 2.06 bits per heavy atom. The van der Waals surface area contributed by atoms with Crippen molar-refractivity contribution in [2.24, 2.45) is 5.73 Å². The molecule has 0 aromatic carbocycles. The van der Waals surface area contributed by atoms with Crippen molar-refractivity contribution in [2.45, 2.75) is 30.9 Å². The lowest BCUT2D eigenvalue weighted by molar-refractivity contribution is 0.0543. The molecule has 0 fully saturated rings. The van der Waals surface area contributed by atoms with Gasteiger partial charge in [-0.15, -0.1) is 0 Å². The first-order chi connectivity index (χ1) is 8.19. The molecule has 4 heteroatoms. The van der Waals surface area contributed by atoms with Crippen molar-refractivity contribution in [3.8, 4) is 0 Å². The molecule has 0 aromatic heterocycles. The van der Waals surface area contributed by atoms with Crippen LogP contribution in [-0.4, -0.2) is 11.6 Å². The largest absolute Gasteiger partial charge is 0.479 e. The van der Waals surface area contributed by atoms with Gasteiger partial charge in [0, 0.05) is 25.0 Å². The van der Waals surface area contributed by atoms with Crippen LogP contribution in [0.15, 0.2) is 47.9 Å². The monoisotopic (exact) mass is 235 g/mol. The first kappa shape index (κ1) is 10.6. The molecule has 0 saturated heterocycles. The number of hydrogen-bond acceptors (Lipinski definition) is 3. The molecule has 17 heavy (non-hydrogen) atoms. The van der Waals surface area contributed by atoms with Crippen LogP contribution in [0.2, 0.25) is 0 Å². The average molecular weight is 235 g/mol. The van der Waals surface area contributed by atoms with Crippen molar-refractivity contribution >= 4 is 0 Å². The predicted octanol–water partition coefficient (Wildman–Crippen LogP) is 2.43. The molecule has 0 saturated carbocycles. The molecule has 3 rings (SSSR count). The lowest BCUT2D eigenvalue weighted by Gasteiger charge is -2.39. The van der Waals surface area contributed by atoms with E-state index in [1.165, 1.54) is 6.08 Å². The average Bonchev–Trinajstić information content (AvgIpc) is 2.29. The molecule has 1 atom stereocenters. The molecule has 2 N–H and O–H groups in total. The van der Waals surface area contributed by atoms with Crippen LogP contribution in [0.5, 0.6) is 0 Å². The highest BCUT2D eigenvalue weighted by Crippen LogP contribution is 2.40. The van der Waals surface area contributed by atoms with E-state index in [9.17, 15) is 4.39 Å². The van der Waals surface area contributed by atoms with Crippen LogP contribution >= 0.6 is 0 Å². The Morgan fingerprint density at radius 3 is 2.82 bits per heavy atom. The van der Waals surface area contributed by atoms with Gasteiger partial charge in [-0.05, 0) is 24.1 Å². The summed E-state index contributed by atoms with van der Waals surface area (Å²) in [5.74, 6) is 0.441. The molecular weight excluding hydrogens is 221 g/mol. The molecule has 0 amide bonds. The minimum atomic E-state index is -0.579. The van der Waals surface area contributed by atoms with Gasteiger partial charge in [0.15, 0.2) is 5.60 Å². The van der Waals surface area contributed by atoms with Crippen molar-refractivity contribution in [3.05, 3.63) is 47.9 Å². The van der Waals surface area contributed by atoms with Gasteiger partial charge >= 0.3 is 0 Å². The van der Waals surface area contributed by atoms with Gasteiger partial charge in [0.1, 0.15) is 11.6 Å². The van der Waals surface area contributed by atoms with E-state index in [4.69, 9.17) is 15.2 Å². The Labute approximate surface area is 99.1 Å². The highest BCUT2D eigenvalue weighted by Gasteiger charge is 2.39. The van der Waals surface area contributed by atoms with Gasteiger partial charge in [0.2, 0.25) is 0 Å². The Kier molecular flexibility index (Phi) is 2.33. The van der Waals surface area contributed by atoms with E-state index in [-0.39, 0.29) is 11.9 Å². The third-order valence-corrected chi connectivity index (χ3v) is 3.38. The standard InChI is InChI=1S/C13H14FNO2/c14-9-1-2-10-11(15)8-13(17-12(10)7-9)3-5-16-6-4-13/h3-7,11H,1-2,8,15H2. The van der Waals surface area contributed by atoms with Crippen molar-refractivity contribution in [1.82, 2.24) is 0 Å². The summed E-state index contributed by atoms with van der Waals surface area (Å²) in [6, 6.07) is -0.0875. The van der Waals surface area contributed by atoms with Crippen LogP contribution in [0.1, 0.15) is 19.3 Å². The van der Waals surface area contributed by atoms with E-state index in [0.29, 0.717) is 25.0 Å². The van der Waals surface area contributed by atoms with Gasteiger partial charge in [-0.1, -0.05) is 0 Å². The van der Waals surface area contributed by atoms with Gasteiger partial charge < -0.3 is 15.2 Å². The normalized spacial score (nSPS) is 29.5. The minimum absolute atomic E-state index is 0.0875. The molecule has 1 unspecified atom stereocenters. The molecule has 2 heterocycles. The first-order valence-corrected chi connectivity index (χ1v) is 5.73. The fraction of sp³-hybridized carbons (Fsp3) is 0.385. The summed E-state index contributed by atoms with van der Waals surface area (Å²) >= 11 is 0. The first-order valence-electron chi connectivity index (χ1n) is 5.73. The zero-order valence-corrected chi connectivity index (χ0v) is 9.36. The van der Waals surface area contributed by atoms with E-state index in [0.717, 1.165) is 5.57 Å². The topological polar surface area (TPSA) is 44.5 Å². The summed E-state index contributed by atoms with van der Waals surface area (Å²) in [6.07, 6.45) is 9.97. The molecule has 1 aliphatic carbocycles. The van der Waals surface area contributed by atoms with E-state index in [1.54, 1.807) is 12.5 Å². The lowest BCUT2D eigenvalue weighted by atomic mass is 9.84. The fourth-order valence-electron chi connectivity index (χ4n) is 2.47. The highest BCUT2D eigenvalue weighted by atomic mass is 19.1. The van der Waals surface area contributed by atoms with Crippen molar-refractivity contribution in [3.63, 3.8) is 0 Å². The number of halogens is 1. The Hall–Kier alpha value is -1.55. The maximum Gasteiger partial charge on any atom is 0.154 e. The molecule has 3 aliphatic rings. The number of nitrogens with two attached hydrogens (primary N) is 1. The second-order valence-electron chi connectivity index (χ2n) is 4.59. The van der Waals surface area contributed by atoms with Gasteiger partial charge in [0.05, 0.1) is 12.5 Å². The quantitative estimate of drug-likeness (QED) is 0.701. The Balaban J connectivity index is 1.97. The van der Waals surface area contributed by atoms with E-state index in [2.05, 4.69) is 0 Å².